The van der Waals surface area contributed by atoms with Crippen molar-refractivity contribution in [2.45, 2.75) is 38.5 Å². The van der Waals surface area contributed by atoms with E-state index in [9.17, 15) is 0 Å². The van der Waals surface area contributed by atoms with Crippen molar-refractivity contribution >= 4 is 0 Å². The lowest BCUT2D eigenvalue weighted by molar-refractivity contribution is 0.461. The molecule has 0 aromatic rings. The molecular formula is C10H16. The van der Waals surface area contributed by atoms with Crippen LogP contribution in [0, 0.1) is 11.8 Å². The first-order valence-corrected chi connectivity index (χ1v) is 4.60. The summed E-state index contributed by atoms with van der Waals surface area (Å²) in [5.74, 6) is 2.15. The maximum Gasteiger partial charge on any atom is -0.0322 e. The fourth-order valence-electron chi connectivity index (χ4n) is 2.39. The van der Waals surface area contributed by atoms with Crippen LogP contribution in [0.1, 0.15) is 38.5 Å². The molecule has 2 rings (SSSR count). The summed E-state index contributed by atoms with van der Waals surface area (Å²) in [4.78, 5) is 0. The smallest absolute Gasteiger partial charge is 0.0322 e. The van der Waals surface area contributed by atoms with Crippen LogP contribution in [0.5, 0.6) is 0 Å². The Morgan fingerprint density at radius 1 is 0.900 bits per heavy atom. The zero-order chi connectivity index (χ0) is 6.81. The van der Waals surface area contributed by atoms with Crippen LogP contribution in [0.25, 0.3) is 0 Å². The summed E-state index contributed by atoms with van der Waals surface area (Å²) in [7, 11) is 0. The van der Waals surface area contributed by atoms with Gasteiger partial charge in [-0.15, -0.1) is 0 Å². The molecule has 0 heterocycles. The highest BCUT2D eigenvalue weighted by Gasteiger charge is 2.23. The lowest BCUT2D eigenvalue weighted by atomic mass is 9.95. The van der Waals surface area contributed by atoms with Crippen molar-refractivity contribution in [3.8, 4) is 0 Å². The van der Waals surface area contributed by atoms with Gasteiger partial charge in [-0.3, -0.25) is 0 Å². The van der Waals surface area contributed by atoms with Gasteiger partial charge < -0.3 is 0 Å². The van der Waals surface area contributed by atoms with Gasteiger partial charge in [-0.1, -0.05) is 18.6 Å². The average molecular weight is 136 g/mol. The van der Waals surface area contributed by atoms with E-state index in [1.807, 2.05) is 0 Å². The van der Waals surface area contributed by atoms with Crippen LogP contribution in [0.2, 0.25) is 0 Å². The summed E-state index contributed by atoms with van der Waals surface area (Å²) < 4.78 is 0. The van der Waals surface area contributed by atoms with E-state index in [0.717, 1.165) is 11.8 Å². The highest BCUT2D eigenvalue weighted by molar-refractivity contribution is 4.91. The van der Waals surface area contributed by atoms with Crippen molar-refractivity contribution in [1.29, 1.82) is 0 Å². The van der Waals surface area contributed by atoms with E-state index in [0.29, 0.717) is 0 Å². The molecule has 0 aliphatic heterocycles. The Bertz CT molecular complexity index is 135. The molecule has 56 valence electrons. The summed E-state index contributed by atoms with van der Waals surface area (Å²) >= 11 is 0. The number of fused-ring (bicyclic) bond motifs is 2. The third kappa shape index (κ3) is 1.25. The zero-order valence-electron chi connectivity index (χ0n) is 6.55. The van der Waals surface area contributed by atoms with Gasteiger partial charge >= 0.3 is 0 Å². The van der Waals surface area contributed by atoms with Crippen molar-refractivity contribution in [2.24, 2.45) is 11.8 Å². The van der Waals surface area contributed by atoms with Crippen molar-refractivity contribution in [3.63, 3.8) is 0 Å². The van der Waals surface area contributed by atoms with Gasteiger partial charge in [-0.05, 0) is 43.9 Å². The van der Waals surface area contributed by atoms with E-state index in [1.54, 1.807) is 0 Å². The Morgan fingerprint density at radius 3 is 2.80 bits per heavy atom. The lowest BCUT2D eigenvalue weighted by Gasteiger charge is -2.10. The molecule has 2 unspecified atom stereocenters. The van der Waals surface area contributed by atoms with E-state index in [-0.39, 0.29) is 0 Å². The molecule has 2 aliphatic carbocycles. The Balaban J connectivity index is 2.01. The third-order valence-corrected chi connectivity index (χ3v) is 3.03. The summed E-state index contributed by atoms with van der Waals surface area (Å²) in [5.41, 5.74) is 0. The Hall–Kier alpha value is -0.260. The van der Waals surface area contributed by atoms with Crippen molar-refractivity contribution in [1.82, 2.24) is 0 Å². The maximum absolute atomic E-state index is 2.40. The molecule has 1 fully saturated rings. The monoisotopic (exact) mass is 136 g/mol. The molecule has 0 saturated heterocycles. The molecule has 0 N–H and O–H groups in total. The van der Waals surface area contributed by atoms with Crippen LogP contribution in [-0.2, 0) is 0 Å². The first-order valence-electron chi connectivity index (χ1n) is 4.60. The van der Waals surface area contributed by atoms with Gasteiger partial charge in [0.15, 0.2) is 0 Å². The lowest BCUT2D eigenvalue weighted by Crippen LogP contribution is -1.97. The Kier molecular flexibility index (Phi) is 1.79. The second kappa shape index (κ2) is 2.77. The molecule has 0 nitrogen and oxygen atoms in total. The van der Waals surface area contributed by atoms with Gasteiger partial charge in [0.1, 0.15) is 0 Å². The molecule has 0 spiro atoms. The number of hydrogen-bond donors (Lipinski definition) is 0. The molecule has 0 amide bonds. The SMILES string of the molecule is C1=C/CC2CCC(CC/1)C2. The van der Waals surface area contributed by atoms with Crippen LogP contribution < -0.4 is 0 Å². The molecule has 0 radical (unpaired) electrons. The van der Waals surface area contributed by atoms with Crippen molar-refractivity contribution in [3.05, 3.63) is 12.2 Å². The Labute approximate surface area is 63.3 Å². The minimum Gasteiger partial charge on any atom is -0.0885 e. The van der Waals surface area contributed by atoms with Crippen molar-refractivity contribution in [2.75, 3.05) is 0 Å². The molecular weight excluding hydrogens is 120 g/mol. The second-order valence-electron chi connectivity index (χ2n) is 3.83. The summed E-state index contributed by atoms with van der Waals surface area (Å²) in [6.45, 7) is 0. The van der Waals surface area contributed by atoms with Crippen LogP contribution >= 0.6 is 0 Å². The fraction of sp³-hybridized carbons (Fsp3) is 0.800. The normalized spacial score (nSPS) is 42.4. The second-order valence-corrected chi connectivity index (χ2v) is 3.83. The first-order chi connectivity index (χ1) is 4.95. The first kappa shape index (κ1) is 6.45. The predicted molar refractivity (Wildman–Crippen MR) is 43.8 cm³/mol. The van der Waals surface area contributed by atoms with Gasteiger partial charge in [0.25, 0.3) is 0 Å². The third-order valence-electron chi connectivity index (χ3n) is 3.03. The number of rotatable bonds is 0. The number of allylic oxidation sites excluding steroid dienone is 2. The topological polar surface area (TPSA) is 0 Å². The molecule has 2 atom stereocenters. The summed E-state index contributed by atoms with van der Waals surface area (Å²) in [5, 5.41) is 0. The van der Waals surface area contributed by atoms with Gasteiger partial charge in [0, 0.05) is 0 Å². The number of hydrogen-bond acceptors (Lipinski definition) is 0. The van der Waals surface area contributed by atoms with E-state index in [1.165, 1.54) is 38.5 Å². The zero-order valence-corrected chi connectivity index (χ0v) is 6.55. The standard InChI is InChI=1S/C10H16/c1-2-4-9-6-7-10(8-9)5-3-1/h1-2,9-10H,3-8H2/b2-1+. The van der Waals surface area contributed by atoms with Gasteiger partial charge in [-0.2, -0.15) is 0 Å². The summed E-state index contributed by atoms with van der Waals surface area (Å²) in [6.07, 6.45) is 13.5. The van der Waals surface area contributed by atoms with Gasteiger partial charge in [0.05, 0.1) is 0 Å². The van der Waals surface area contributed by atoms with Gasteiger partial charge in [0.2, 0.25) is 0 Å². The molecule has 1 saturated carbocycles. The van der Waals surface area contributed by atoms with E-state index >= 15 is 0 Å². The van der Waals surface area contributed by atoms with Gasteiger partial charge in [-0.25, -0.2) is 0 Å². The van der Waals surface area contributed by atoms with E-state index in [2.05, 4.69) is 12.2 Å². The fourth-order valence-corrected chi connectivity index (χ4v) is 2.39. The highest BCUT2D eigenvalue weighted by Crippen LogP contribution is 2.37. The summed E-state index contributed by atoms with van der Waals surface area (Å²) in [6, 6.07) is 0. The van der Waals surface area contributed by atoms with Crippen molar-refractivity contribution < 1.29 is 0 Å². The average Bonchev–Trinajstić information content (AvgIpc) is 2.30. The molecule has 10 heavy (non-hydrogen) atoms. The minimum atomic E-state index is 1.06. The highest BCUT2D eigenvalue weighted by atomic mass is 14.3. The largest absolute Gasteiger partial charge is 0.0885 e. The van der Waals surface area contributed by atoms with Crippen LogP contribution in [-0.4, -0.2) is 0 Å². The predicted octanol–water partition coefficient (Wildman–Crippen LogP) is 3.14. The maximum atomic E-state index is 2.40. The van der Waals surface area contributed by atoms with E-state index < -0.39 is 0 Å². The molecule has 0 heteroatoms. The van der Waals surface area contributed by atoms with Crippen LogP contribution in [0.4, 0.5) is 0 Å². The van der Waals surface area contributed by atoms with Crippen LogP contribution in [0.15, 0.2) is 12.2 Å². The van der Waals surface area contributed by atoms with Crippen LogP contribution in [0.3, 0.4) is 0 Å². The molecule has 2 bridgehead atoms. The quantitative estimate of drug-likeness (QED) is 0.449. The van der Waals surface area contributed by atoms with E-state index in [4.69, 9.17) is 0 Å². The minimum absolute atomic E-state index is 1.06. The molecule has 0 aromatic heterocycles. The Morgan fingerprint density at radius 2 is 1.80 bits per heavy atom. The molecule has 2 aliphatic rings. The molecule has 0 aromatic carbocycles.